The zero-order valence-corrected chi connectivity index (χ0v) is 11.9. The van der Waals surface area contributed by atoms with Gasteiger partial charge in [-0.2, -0.15) is 0 Å². The number of hydrogen-bond acceptors (Lipinski definition) is 2. The van der Waals surface area contributed by atoms with Crippen LogP contribution >= 0.6 is 15.9 Å². The summed E-state index contributed by atoms with van der Waals surface area (Å²) in [6, 6.07) is 5.63. The minimum atomic E-state index is -0.600. The summed E-state index contributed by atoms with van der Waals surface area (Å²) >= 11 is 3.44. The molecule has 1 aromatic carbocycles. The van der Waals surface area contributed by atoms with Gasteiger partial charge in [0.15, 0.2) is 0 Å². The second-order valence-corrected chi connectivity index (χ2v) is 6.36. The molecule has 3 rings (SSSR count). The molecule has 1 heterocycles. The van der Waals surface area contributed by atoms with Gasteiger partial charge in [-0.3, -0.25) is 4.79 Å². The number of halogens is 1. The Bertz CT molecular complexity index is 505. The zero-order valence-electron chi connectivity index (χ0n) is 10.3. The average Bonchev–Trinajstić information content (AvgIpc) is 3.12. The molecule has 1 N–H and O–H groups in total. The second-order valence-electron chi connectivity index (χ2n) is 5.50. The second kappa shape index (κ2) is 4.07. The van der Waals surface area contributed by atoms with Crippen molar-refractivity contribution in [3.63, 3.8) is 0 Å². The van der Waals surface area contributed by atoms with Crippen molar-refractivity contribution in [3.05, 3.63) is 33.8 Å². The van der Waals surface area contributed by atoms with E-state index in [1.165, 1.54) is 0 Å². The molecule has 0 atom stereocenters. The summed E-state index contributed by atoms with van der Waals surface area (Å²) in [6.07, 6.45) is 2.21. The Morgan fingerprint density at radius 3 is 2.67 bits per heavy atom. The minimum absolute atomic E-state index is 0.0148. The molecule has 1 saturated carbocycles. The van der Waals surface area contributed by atoms with Crippen molar-refractivity contribution < 1.29 is 9.90 Å². The molecule has 1 aromatic rings. The Balaban J connectivity index is 1.70. The number of amides is 1. The van der Waals surface area contributed by atoms with Crippen molar-refractivity contribution in [3.8, 4) is 0 Å². The fourth-order valence-corrected chi connectivity index (χ4v) is 2.92. The lowest BCUT2D eigenvalue weighted by Crippen LogP contribution is -2.64. The number of likely N-dealkylation sites (tertiary alicyclic amines) is 1. The minimum Gasteiger partial charge on any atom is -0.386 e. The molecule has 18 heavy (non-hydrogen) atoms. The highest BCUT2D eigenvalue weighted by Gasteiger charge is 2.53. The number of carbonyl (C=O) groups is 1. The van der Waals surface area contributed by atoms with Crippen LogP contribution in [0.4, 0.5) is 0 Å². The summed E-state index contributed by atoms with van der Waals surface area (Å²) in [7, 11) is 0. The van der Waals surface area contributed by atoms with E-state index in [4.69, 9.17) is 0 Å². The Kier molecular flexibility index (Phi) is 2.75. The molecular weight excluding hydrogens is 294 g/mol. The van der Waals surface area contributed by atoms with Gasteiger partial charge in [0.2, 0.25) is 0 Å². The third-order valence-corrected chi connectivity index (χ3v) is 4.83. The quantitative estimate of drug-likeness (QED) is 0.911. The van der Waals surface area contributed by atoms with Crippen LogP contribution in [0.15, 0.2) is 22.7 Å². The molecule has 96 valence electrons. The largest absolute Gasteiger partial charge is 0.386 e. The topological polar surface area (TPSA) is 40.5 Å². The molecule has 1 amide bonds. The van der Waals surface area contributed by atoms with E-state index in [0.29, 0.717) is 24.6 Å². The maximum absolute atomic E-state index is 12.2. The predicted molar refractivity (Wildman–Crippen MR) is 72.5 cm³/mol. The van der Waals surface area contributed by atoms with Crippen molar-refractivity contribution >= 4 is 21.8 Å². The first kappa shape index (κ1) is 12.2. The van der Waals surface area contributed by atoms with Gasteiger partial charge in [-0.15, -0.1) is 0 Å². The maximum atomic E-state index is 12.2. The van der Waals surface area contributed by atoms with E-state index in [-0.39, 0.29) is 5.91 Å². The molecule has 2 aliphatic rings. The van der Waals surface area contributed by atoms with Gasteiger partial charge in [0.05, 0.1) is 13.1 Å². The van der Waals surface area contributed by atoms with Gasteiger partial charge in [-0.05, 0) is 43.4 Å². The van der Waals surface area contributed by atoms with E-state index < -0.39 is 5.60 Å². The van der Waals surface area contributed by atoms with Crippen LogP contribution in [-0.4, -0.2) is 34.6 Å². The Hall–Kier alpha value is -0.870. The van der Waals surface area contributed by atoms with Gasteiger partial charge in [-0.1, -0.05) is 22.0 Å². The van der Waals surface area contributed by atoms with E-state index in [0.717, 1.165) is 22.9 Å². The first-order valence-electron chi connectivity index (χ1n) is 6.27. The van der Waals surface area contributed by atoms with Crippen LogP contribution in [0.1, 0.15) is 28.8 Å². The highest BCUT2D eigenvalue weighted by molar-refractivity contribution is 9.10. The van der Waals surface area contributed by atoms with Crippen molar-refractivity contribution in [2.75, 3.05) is 13.1 Å². The van der Waals surface area contributed by atoms with Crippen LogP contribution in [0.2, 0.25) is 0 Å². The average molecular weight is 310 g/mol. The SMILES string of the molecule is Cc1ccc(C(=O)N2CC(O)(C3CC3)C2)cc1Br. The fraction of sp³-hybridized carbons (Fsp3) is 0.500. The molecule has 2 fully saturated rings. The third-order valence-electron chi connectivity index (χ3n) is 3.97. The van der Waals surface area contributed by atoms with Crippen LogP contribution in [0, 0.1) is 12.8 Å². The lowest BCUT2D eigenvalue weighted by Gasteiger charge is -2.47. The molecule has 0 bridgehead atoms. The summed E-state index contributed by atoms with van der Waals surface area (Å²) < 4.78 is 0.950. The van der Waals surface area contributed by atoms with Crippen LogP contribution in [-0.2, 0) is 0 Å². The molecule has 0 spiro atoms. The van der Waals surface area contributed by atoms with E-state index in [1.807, 2.05) is 25.1 Å². The summed E-state index contributed by atoms with van der Waals surface area (Å²) in [6.45, 7) is 2.97. The lowest BCUT2D eigenvalue weighted by atomic mass is 9.88. The smallest absolute Gasteiger partial charge is 0.254 e. The molecule has 3 nitrogen and oxygen atoms in total. The van der Waals surface area contributed by atoms with E-state index in [9.17, 15) is 9.90 Å². The standard InChI is InChI=1S/C14H16BrNO2/c1-9-2-3-10(6-12(9)15)13(17)16-7-14(18,8-16)11-4-5-11/h2-3,6,11,18H,4-5,7-8H2,1H3. The summed E-state index contributed by atoms with van der Waals surface area (Å²) in [5.74, 6) is 0.437. The molecule has 0 unspecified atom stereocenters. The van der Waals surface area contributed by atoms with E-state index in [2.05, 4.69) is 15.9 Å². The summed E-state index contributed by atoms with van der Waals surface area (Å²) in [5.41, 5.74) is 1.20. The van der Waals surface area contributed by atoms with Crippen LogP contribution < -0.4 is 0 Å². The monoisotopic (exact) mass is 309 g/mol. The normalized spacial score (nSPS) is 21.6. The van der Waals surface area contributed by atoms with E-state index >= 15 is 0 Å². The van der Waals surface area contributed by atoms with Gasteiger partial charge in [0.1, 0.15) is 5.60 Å². The molecule has 0 aromatic heterocycles. The Labute approximate surface area is 115 Å². The van der Waals surface area contributed by atoms with Crippen molar-refractivity contribution in [1.29, 1.82) is 0 Å². The molecule has 1 aliphatic carbocycles. The summed E-state index contributed by atoms with van der Waals surface area (Å²) in [5, 5.41) is 10.2. The first-order valence-corrected chi connectivity index (χ1v) is 7.07. The van der Waals surface area contributed by atoms with Gasteiger partial charge < -0.3 is 10.0 Å². The highest BCUT2D eigenvalue weighted by atomic mass is 79.9. The summed E-state index contributed by atoms with van der Waals surface area (Å²) in [4.78, 5) is 13.9. The Morgan fingerprint density at radius 1 is 1.44 bits per heavy atom. The van der Waals surface area contributed by atoms with Crippen LogP contribution in [0.3, 0.4) is 0 Å². The number of aliphatic hydroxyl groups is 1. The molecule has 4 heteroatoms. The highest BCUT2D eigenvalue weighted by Crippen LogP contribution is 2.44. The van der Waals surface area contributed by atoms with Crippen molar-refractivity contribution in [1.82, 2.24) is 4.90 Å². The number of carbonyl (C=O) groups excluding carboxylic acids is 1. The molecule has 1 aliphatic heterocycles. The number of aryl methyl sites for hydroxylation is 1. The fourth-order valence-electron chi connectivity index (χ4n) is 2.55. The van der Waals surface area contributed by atoms with Crippen LogP contribution in [0.5, 0.6) is 0 Å². The number of benzene rings is 1. The lowest BCUT2D eigenvalue weighted by molar-refractivity contribution is -0.0958. The van der Waals surface area contributed by atoms with Crippen LogP contribution in [0.25, 0.3) is 0 Å². The molecule has 1 saturated heterocycles. The number of β-amino-alcohol motifs (C(OH)–C–C–N with tert-alkyl or cyclic N) is 1. The Morgan fingerprint density at radius 2 is 2.11 bits per heavy atom. The maximum Gasteiger partial charge on any atom is 0.254 e. The van der Waals surface area contributed by atoms with Gasteiger partial charge in [0.25, 0.3) is 5.91 Å². The number of nitrogens with zero attached hydrogens (tertiary/aromatic N) is 1. The van der Waals surface area contributed by atoms with Gasteiger partial charge in [-0.25, -0.2) is 0 Å². The molecule has 0 radical (unpaired) electrons. The first-order chi connectivity index (χ1) is 8.49. The third kappa shape index (κ3) is 1.97. The van der Waals surface area contributed by atoms with E-state index in [1.54, 1.807) is 4.90 Å². The van der Waals surface area contributed by atoms with Gasteiger partial charge in [0, 0.05) is 10.0 Å². The van der Waals surface area contributed by atoms with Crippen molar-refractivity contribution in [2.45, 2.75) is 25.4 Å². The predicted octanol–water partition coefficient (Wildman–Crippen LogP) is 2.35. The number of hydrogen-bond donors (Lipinski definition) is 1. The van der Waals surface area contributed by atoms with Crippen molar-refractivity contribution in [2.24, 2.45) is 5.92 Å². The number of rotatable bonds is 2. The molecular formula is C14H16BrNO2. The zero-order chi connectivity index (χ0) is 12.9. The van der Waals surface area contributed by atoms with Gasteiger partial charge >= 0.3 is 0 Å².